The van der Waals surface area contributed by atoms with Crippen molar-refractivity contribution in [3.05, 3.63) is 59.7 Å². The Kier molecular flexibility index (Phi) is 12.4. The SMILES string of the molecule is Cc1ccc(OCCNC(=O)[C@@H]2CC(=O)N[C@H](CC(C)C)C(=O)N(C)[C@H](CC(C)C)COc3ccccc3C(=O)N2)cc1. The Balaban J connectivity index is 1.84. The van der Waals surface area contributed by atoms with E-state index in [2.05, 4.69) is 29.8 Å². The van der Waals surface area contributed by atoms with Gasteiger partial charge in [-0.25, -0.2) is 0 Å². The van der Waals surface area contributed by atoms with Crippen molar-refractivity contribution in [3.8, 4) is 11.5 Å². The summed E-state index contributed by atoms with van der Waals surface area (Å²) in [6.45, 7) is 10.6. The van der Waals surface area contributed by atoms with Crippen LogP contribution in [-0.2, 0) is 14.4 Å². The quantitative estimate of drug-likeness (QED) is 0.382. The van der Waals surface area contributed by atoms with E-state index in [4.69, 9.17) is 9.47 Å². The Labute approximate surface area is 254 Å². The number of amides is 4. The lowest BCUT2D eigenvalue weighted by Gasteiger charge is -2.33. The minimum Gasteiger partial charge on any atom is -0.492 e. The number of nitrogens with one attached hydrogen (secondary N) is 3. The molecule has 0 saturated heterocycles. The molecule has 0 saturated carbocycles. The molecule has 0 radical (unpaired) electrons. The monoisotopic (exact) mass is 594 g/mol. The highest BCUT2D eigenvalue weighted by Gasteiger charge is 2.32. The molecule has 3 N–H and O–H groups in total. The summed E-state index contributed by atoms with van der Waals surface area (Å²) in [5.41, 5.74) is 1.34. The van der Waals surface area contributed by atoms with Gasteiger partial charge in [0.05, 0.1) is 24.6 Å². The molecule has 2 aromatic carbocycles. The van der Waals surface area contributed by atoms with Crippen molar-refractivity contribution in [3.63, 3.8) is 0 Å². The highest BCUT2D eigenvalue weighted by Crippen LogP contribution is 2.22. The van der Waals surface area contributed by atoms with Gasteiger partial charge in [-0.15, -0.1) is 0 Å². The maximum absolute atomic E-state index is 13.7. The van der Waals surface area contributed by atoms with Gasteiger partial charge in [0.1, 0.15) is 36.8 Å². The lowest BCUT2D eigenvalue weighted by molar-refractivity contribution is -0.138. The van der Waals surface area contributed by atoms with Crippen LogP contribution in [0.1, 0.15) is 62.9 Å². The molecule has 10 heteroatoms. The molecular formula is C33H46N4O6. The number of rotatable bonds is 9. The first-order valence-corrected chi connectivity index (χ1v) is 15.0. The number of benzene rings is 2. The number of ether oxygens (including phenoxy) is 2. The van der Waals surface area contributed by atoms with Gasteiger partial charge in [-0.3, -0.25) is 19.2 Å². The molecule has 1 aliphatic heterocycles. The highest BCUT2D eigenvalue weighted by molar-refractivity contribution is 6.01. The van der Waals surface area contributed by atoms with Crippen LogP contribution in [0.25, 0.3) is 0 Å². The fourth-order valence-electron chi connectivity index (χ4n) is 4.95. The smallest absolute Gasteiger partial charge is 0.255 e. The molecule has 0 bridgehead atoms. The summed E-state index contributed by atoms with van der Waals surface area (Å²) >= 11 is 0. The predicted octanol–water partition coefficient (Wildman–Crippen LogP) is 3.48. The van der Waals surface area contributed by atoms with Crippen LogP contribution in [0.3, 0.4) is 0 Å². The molecule has 1 aliphatic rings. The molecule has 0 aliphatic carbocycles. The third-order valence-electron chi connectivity index (χ3n) is 7.24. The molecule has 3 rings (SSSR count). The average molecular weight is 595 g/mol. The topological polar surface area (TPSA) is 126 Å². The second-order valence-electron chi connectivity index (χ2n) is 12.0. The van der Waals surface area contributed by atoms with Crippen LogP contribution in [0.4, 0.5) is 0 Å². The summed E-state index contributed by atoms with van der Waals surface area (Å²) in [6.07, 6.45) is 0.752. The second-order valence-corrected chi connectivity index (χ2v) is 12.0. The van der Waals surface area contributed by atoms with Gasteiger partial charge in [0.2, 0.25) is 17.7 Å². The summed E-state index contributed by atoms with van der Waals surface area (Å²) in [5, 5.41) is 8.31. The van der Waals surface area contributed by atoms with Crippen LogP contribution >= 0.6 is 0 Å². The third kappa shape index (κ3) is 10.3. The number of fused-ring (bicyclic) bond motifs is 1. The molecule has 234 valence electrons. The van der Waals surface area contributed by atoms with Gasteiger partial charge in [-0.1, -0.05) is 57.5 Å². The number of likely N-dealkylation sites (N-methyl/N-ethyl adjacent to an activating group) is 1. The van der Waals surface area contributed by atoms with E-state index in [9.17, 15) is 19.2 Å². The molecule has 4 amide bonds. The second kappa shape index (κ2) is 16.0. The van der Waals surface area contributed by atoms with Gasteiger partial charge in [-0.2, -0.15) is 0 Å². The van der Waals surface area contributed by atoms with Crippen LogP contribution in [0.5, 0.6) is 11.5 Å². The summed E-state index contributed by atoms with van der Waals surface area (Å²) < 4.78 is 11.8. The predicted molar refractivity (Wildman–Crippen MR) is 165 cm³/mol. The van der Waals surface area contributed by atoms with Crippen molar-refractivity contribution in [1.29, 1.82) is 0 Å². The Morgan fingerprint density at radius 1 is 1.00 bits per heavy atom. The van der Waals surface area contributed by atoms with E-state index >= 15 is 0 Å². The first kappa shape index (κ1) is 33.4. The first-order valence-electron chi connectivity index (χ1n) is 15.0. The van der Waals surface area contributed by atoms with Crippen LogP contribution in [0.2, 0.25) is 0 Å². The molecule has 3 atom stereocenters. The minimum absolute atomic E-state index is 0.125. The zero-order valence-corrected chi connectivity index (χ0v) is 26.1. The van der Waals surface area contributed by atoms with E-state index in [0.717, 1.165) is 5.56 Å². The van der Waals surface area contributed by atoms with E-state index in [1.54, 1.807) is 36.2 Å². The Bertz CT molecular complexity index is 1250. The van der Waals surface area contributed by atoms with Crippen LogP contribution in [-0.4, -0.2) is 73.5 Å². The zero-order valence-electron chi connectivity index (χ0n) is 26.1. The Morgan fingerprint density at radius 3 is 2.35 bits per heavy atom. The highest BCUT2D eigenvalue weighted by atomic mass is 16.5. The number of nitrogens with zero attached hydrogens (tertiary/aromatic N) is 1. The van der Waals surface area contributed by atoms with Crippen LogP contribution in [0.15, 0.2) is 48.5 Å². The minimum atomic E-state index is -1.19. The van der Waals surface area contributed by atoms with Crippen molar-refractivity contribution in [2.45, 2.75) is 72.0 Å². The number of carbonyl (C=O) groups is 4. The molecule has 0 unspecified atom stereocenters. The molecule has 2 aromatic rings. The number of hydrogen-bond donors (Lipinski definition) is 3. The van der Waals surface area contributed by atoms with Gasteiger partial charge in [0.15, 0.2) is 0 Å². The fourth-order valence-corrected chi connectivity index (χ4v) is 4.95. The molecule has 1 heterocycles. The number of hydrogen-bond acceptors (Lipinski definition) is 6. The molecule has 43 heavy (non-hydrogen) atoms. The third-order valence-corrected chi connectivity index (χ3v) is 7.24. The van der Waals surface area contributed by atoms with Crippen molar-refractivity contribution >= 4 is 23.6 Å². The lowest BCUT2D eigenvalue weighted by Crippen LogP contribution is -2.55. The van der Waals surface area contributed by atoms with Crippen LogP contribution < -0.4 is 25.4 Å². The van der Waals surface area contributed by atoms with E-state index in [1.807, 2.05) is 45.0 Å². The van der Waals surface area contributed by atoms with E-state index in [-0.39, 0.29) is 55.5 Å². The van der Waals surface area contributed by atoms with Crippen molar-refractivity contribution in [2.24, 2.45) is 11.8 Å². The number of carbonyl (C=O) groups excluding carboxylic acids is 4. The summed E-state index contributed by atoms with van der Waals surface area (Å²) in [5.74, 6) is -0.404. The number of aryl methyl sites for hydroxylation is 1. The summed E-state index contributed by atoms with van der Waals surface area (Å²) in [6, 6.07) is 12.0. The first-order chi connectivity index (χ1) is 20.4. The molecule has 10 nitrogen and oxygen atoms in total. The van der Waals surface area contributed by atoms with Crippen molar-refractivity contribution in [2.75, 3.05) is 26.8 Å². The molecular weight excluding hydrogens is 548 g/mol. The van der Waals surface area contributed by atoms with Crippen LogP contribution in [0, 0.1) is 18.8 Å². The van der Waals surface area contributed by atoms with Gasteiger partial charge in [-0.05, 0) is 55.9 Å². The zero-order chi connectivity index (χ0) is 31.5. The lowest BCUT2D eigenvalue weighted by atomic mass is 9.99. The fraction of sp³-hybridized carbons (Fsp3) is 0.515. The average Bonchev–Trinajstić information content (AvgIpc) is 2.96. The van der Waals surface area contributed by atoms with Gasteiger partial charge >= 0.3 is 0 Å². The largest absolute Gasteiger partial charge is 0.492 e. The van der Waals surface area contributed by atoms with E-state index in [1.165, 1.54) is 0 Å². The van der Waals surface area contributed by atoms with Gasteiger partial charge in [0, 0.05) is 7.05 Å². The van der Waals surface area contributed by atoms with E-state index in [0.29, 0.717) is 24.3 Å². The number of para-hydroxylation sites is 1. The summed E-state index contributed by atoms with van der Waals surface area (Å²) in [4.78, 5) is 55.3. The molecule has 0 spiro atoms. The summed E-state index contributed by atoms with van der Waals surface area (Å²) in [7, 11) is 1.72. The maximum atomic E-state index is 13.7. The van der Waals surface area contributed by atoms with Gasteiger partial charge < -0.3 is 30.3 Å². The Morgan fingerprint density at radius 2 is 1.67 bits per heavy atom. The van der Waals surface area contributed by atoms with Crippen molar-refractivity contribution in [1.82, 2.24) is 20.9 Å². The van der Waals surface area contributed by atoms with E-state index < -0.39 is 29.8 Å². The normalized spacial score (nSPS) is 20.0. The Hall–Kier alpha value is -4.08. The van der Waals surface area contributed by atoms with Crippen molar-refractivity contribution < 1.29 is 28.7 Å². The molecule has 0 fully saturated rings. The standard InChI is InChI=1S/C33H46N4O6/c1-21(2)17-24-20-43-29-10-8-7-9-26(29)31(39)36-27(19-30(38)35-28(18-22(3)4)33(41)37(24)6)32(40)34-15-16-42-25-13-11-23(5)12-14-25/h7-14,21-22,24,27-28H,15-20H2,1-6H3,(H,34,40)(H,35,38)(H,36,39)/t24-,27+,28-/m1/s1. The van der Waals surface area contributed by atoms with Gasteiger partial charge in [0.25, 0.3) is 5.91 Å². The maximum Gasteiger partial charge on any atom is 0.255 e. The molecule has 0 aromatic heterocycles.